The van der Waals surface area contributed by atoms with Gasteiger partial charge in [0.25, 0.3) is 0 Å². The fraction of sp³-hybridized carbons (Fsp3) is 0.500. The Morgan fingerprint density at radius 1 is 1.64 bits per heavy atom. The Morgan fingerprint density at radius 2 is 2.27 bits per heavy atom. The number of aliphatic hydroxyl groups excluding tert-OH is 1. The van der Waals surface area contributed by atoms with E-state index in [1.54, 1.807) is 0 Å². The topological polar surface area (TPSA) is 36.0 Å². The Kier molecular flexibility index (Phi) is 2.58. The number of hydrogen-bond acceptors (Lipinski definition) is 1. The number of aliphatic hydroxyl groups is 1. The van der Waals surface area contributed by atoms with Gasteiger partial charge in [-0.15, -0.1) is 11.6 Å². The van der Waals surface area contributed by atoms with Crippen LogP contribution in [0.15, 0.2) is 6.20 Å². The van der Waals surface area contributed by atoms with Crippen LogP contribution in [0.25, 0.3) is 0 Å². The van der Waals surface area contributed by atoms with Crippen LogP contribution < -0.4 is 0 Å². The minimum absolute atomic E-state index is 0.250. The van der Waals surface area contributed by atoms with Gasteiger partial charge in [-0.25, -0.2) is 0 Å². The number of hydrogen-bond donors (Lipinski definition) is 2. The minimum atomic E-state index is -0.539. The van der Waals surface area contributed by atoms with E-state index in [1.165, 1.54) is 0 Å². The van der Waals surface area contributed by atoms with E-state index in [0.717, 1.165) is 16.8 Å². The van der Waals surface area contributed by atoms with Gasteiger partial charge in [0.1, 0.15) is 0 Å². The van der Waals surface area contributed by atoms with Gasteiger partial charge in [-0.3, -0.25) is 0 Å². The molecule has 0 aliphatic rings. The zero-order valence-electron chi connectivity index (χ0n) is 6.69. The Bertz CT molecular complexity index is 225. The van der Waals surface area contributed by atoms with Crippen LogP contribution in [0.2, 0.25) is 0 Å². The maximum absolute atomic E-state index is 9.43. The summed E-state index contributed by atoms with van der Waals surface area (Å²) in [5.41, 5.74) is 2.99. The van der Waals surface area contributed by atoms with Gasteiger partial charge in [-0.1, -0.05) is 0 Å². The van der Waals surface area contributed by atoms with Gasteiger partial charge in [0.15, 0.2) is 0 Å². The first-order valence-electron chi connectivity index (χ1n) is 3.55. The van der Waals surface area contributed by atoms with Gasteiger partial charge >= 0.3 is 0 Å². The summed E-state index contributed by atoms with van der Waals surface area (Å²) < 4.78 is 0. The predicted octanol–water partition coefficient (Wildman–Crippen LogP) is 1.90. The summed E-state index contributed by atoms with van der Waals surface area (Å²) in [6.07, 6.45) is 1.34. The smallest absolute Gasteiger partial charge is 0.0945 e. The molecule has 0 fully saturated rings. The fourth-order valence-electron chi connectivity index (χ4n) is 1.26. The third-order valence-corrected chi connectivity index (χ3v) is 2.11. The molecule has 62 valence electrons. The largest absolute Gasteiger partial charge is 0.387 e. The van der Waals surface area contributed by atoms with Crippen molar-refractivity contribution in [2.24, 2.45) is 0 Å². The number of aromatic nitrogens is 1. The van der Waals surface area contributed by atoms with Crippen LogP contribution >= 0.6 is 11.6 Å². The summed E-state index contributed by atoms with van der Waals surface area (Å²) in [5.74, 6) is 0.250. The molecule has 0 spiro atoms. The van der Waals surface area contributed by atoms with Crippen LogP contribution in [-0.4, -0.2) is 16.0 Å². The lowest BCUT2D eigenvalue weighted by molar-refractivity contribution is 0.201. The molecule has 0 aliphatic heterocycles. The molecule has 2 N–H and O–H groups in total. The third kappa shape index (κ3) is 1.57. The lowest BCUT2D eigenvalue weighted by Gasteiger charge is -2.07. The maximum Gasteiger partial charge on any atom is 0.0945 e. The molecular weight excluding hydrogens is 162 g/mol. The zero-order chi connectivity index (χ0) is 8.43. The first-order chi connectivity index (χ1) is 5.16. The number of nitrogens with one attached hydrogen (secondary N) is 1. The molecule has 1 rings (SSSR count). The van der Waals surface area contributed by atoms with E-state index in [9.17, 15) is 5.11 Å². The molecule has 0 amide bonds. The second-order valence-electron chi connectivity index (χ2n) is 2.68. The predicted molar refractivity (Wildman–Crippen MR) is 45.9 cm³/mol. The minimum Gasteiger partial charge on any atom is -0.387 e. The van der Waals surface area contributed by atoms with Crippen molar-refractivity contribution in [1.29, 1.82) is 0 Å². The molecule has 0 saturated carbocycles. The Morgan fingerprint density at radius 3 is 2.64 bits per heavy atom. The summed E-state index contributed by atoms with van der Waals surface area (Å²) in [5, 5.41) is 9.43. The van der Waals surface area contributed by atoms with E-state index in [4.69, 9.17) is 11.6 Å². The summed E-state index contributed by atoms with van der Waals surface area (Å²) >= 11 is 5.52. The van der Waals surface area contributed by atoms with E-state index in [1.807, 2.05) is 20.0 Å². The Hall–Kier alpha value is -0.470. The Balaban J connectivity index is 3.00. The van der Waals surface area contributed by atoms with Crippen LogP contribution in [0, 0.1) is 13.8 Å². The molecule has 1 aromatic rings. The molecule has 2 nitrogen and oxygen atoms in total. The van der Waals surface area contributed by atoms with E-state index < -0.39 is 6.10 Å². The number of alkyl halides is 1. The molecule has 1 atom stereocenters. The number of halogens is 1. The molecule has 1 aromatic heterocycles. The molecule has 11 heavy (non-hydrogen) atoms. The number of aryl methyl sites for hydroxylation is 2. The van der Waals surface area contributed by atoms with Crippen molar-refractivity contribution in [2.45, 2.75) is 20.0 Å². The highest BCUT2D eigenvalue weighted by atomic mass is 35.5. The van der Waals surface area contributed by atoms with Crippen LogP contribution in [0.3, 0.4) is 0 Å². The average Bonchev–Trinajstić information content (AvgIpc) is 2.30. The van der Waals surface area contributed by atoms with Crippen molar-refractivity contribution in [3.63, 3.8) is 0 Å². The average molecular weight is 174 g/mol. The zero-order valence-corrected chi connectivity index (χ0v) is 7.44. The van der Waals surface area contributed by atoms with Crippen molar-refractivity contribution in [3.8, 4) is 0 Å². The highest BCUT2D eigenvalue weighted by Gasteiger charge is 2.12. The van der Waals surface area contributed by atoms with Crippen LogP contribution in [0.4, 0.5) is 0 Å². The van der Waals surface area contributed by atoms with Gasteiger partial charge in [0.05, 0.1) is 12.0 Å². The molecule has 0 aromatic carbocycles. The number of aromatic amines is 1. The lowest BCUT2D eigenvalue weighted by Crippen LogP contribution is -2.00. The first-order valence-corrected chi connectivity index (χ1v) is 4.08. The van der Waals surface area contributed by atoms with Gasteiger partial charge in [-0.05, 0) is 19.4 Å². The molecule has 1 heterocycles. The molecule has 0 bridgehead atoms. The van der Waals surface area contributed by atoms with E-state index in [-0.39, 0.29) is 5.88 Å². The van der Waals surface area contributed by atoms with Crippen molar-refractivity contribution < 1.29 is 5.11 Å². The molecule has 3 heteroatoms. The molecule has 0 radical (unpaired) electrons. The van der Waals surface area contributed by atoms with Crippen LogP contribution in [0.5, 0.6) is 0 Å². The SMILES string of the molecule is Cc1c[nH]c(C)c1C(O)CCl. The van der Waals surface area contributed by atoms with E-state index >= 15 is 0 Å². The van der Waals surface area contributed by atoms with Crippen LogP contribution in [-0.2, 0) is 0 Å². The third-order valence-electron chi connectivity index (χ3n) is 1.81. The molecular formula is C8H12ClNO. The molecule has 1 unspecified atom stereocenters. The second-order valence-corrected chi connectivity index (χ2v) is 2.99. The van der Waals surface area contributed by atoms with Gasteiger partial charge in [0, 0.05) is 17.5 Å². The fourth-order valence-corrected chi connectivity index (χ4v) is 1.41. The van der Waals surface area contributed by atoms with E-state index in [2.05, 4.69) is 4.98 Å². The van der Waals surface area contributed by atoms with Crippen molar-refractivity contribution in [2.75, 3.05) is 5.88 Å². The number of rotatable bonds is 2. The standard InChI is InChI=1S/C8H12ClNO/c1-5-4-10-6(2)8(5)7(11)3-9/h4,7,10-11H,3H2,1-2H3. The van der Waals surface area contributed by atoms with Gasteiger partial charge < -0.3 is 10.1 Å². The van der Waals surface area contributed by atoms with Crippen molar-refractivity contribution in [1.82, 2.24) is 4.98 Å². The quantitative estimate of drug-likeness (QED) is 0.659. The molecule has 0 aliphatic carbocycles. The van der Waals surface area contributed by atoms with Gasteiger partial charge in [0.2, 0.25) is 0 Å². The van der Waals surface area contributed by atoms with E-state index in [0.29, 0.717) is 0 Å². The van der Waals surface area contributed by atoms with Gasteiger partial charge in [-0.2, -0.15) is 0 Å². The Labute approximate surface area is 71.2 Å². The molecule has 0 saturated heterocycles. The lowest BCUT2D eigenvalue weighted by atomic mass is 10.1. The summed E-state index contributed by atoms with van der Waals surface area (Å²) in [4.78, 5) is 3.03. The van der Waals surface area contributed by atoms with Crippen LogP contribution in [0.1, 0.15) is 22.9 Å². The highest BCUT2D eigenvalue weighted by Crippen LogP contribution is 2.21. The monoisotopic (exact) mass is 173 g/mol. The first kappa shape index (κ1) is 8.62. The summed E-state index contributed by atoms with van der Waals surface area (Å²) in [7, 11) is 0. The van der Waals surface area contributed by atoms with Crippen molar-refractivity contribution in [3.05, 3.63) is 23.0 Å². The second kappa shape index (κ2) is 3.28. The van der Waals surface area contributed by atoms with Crippen molar-refractivity contribution >= 4 is 11.6 Å². The highest BCUT2D eigenvalue weighted by molar-refractivity contribution is 6.18. The summed E-state index contributed by atoms with van der Waals surface area (Å²) in [6.45, 7) is 3.88. The normalized spacial score (nSPS) is 13.5. The summed E-state index contributed by atoms with van der Waals surface area (Å²) in [6, 6.07) is 0. The number of H-pyrrole nitrogens is 1. The maximum atomic E-state index is 9.43.